The van der Waals surface area contributed by atoms with Crippen LogP contribution in [0, 0.1) is 6.92 Å². The number of nitrogens with one attached hydrogen (secondary N) is 3. The van der Waals surface area contributed by atoms with Gasteiger partial charge in [-0.25, -0.2) is 4.79 Å². The van der Waals surface area contributed by atoms with E-state index in [1.54, 1.807) is 32.9 Å². The van der Waals surface area contributed by atoms with Crippen LogP contribution in [-0.4, -0.2) is 59.8 Å². The highest BCUT2D eigenvalue weighted by atomic mass is 16.6. The fourth-order valence-electron chi connectivity index (χ4n) is 3.09. The number of hydrogen-bond acceptors (Lipinski definition) is 7. The maximum atomic E-state index is 12.2. The summed E-state index contributed by atoms with van der Waals surface area (Å²) >= 11 is 0. The van der Waals surface area contributed by atoms with E-state index in [2.05, 4.69) is 35.0 Å². The van der Waals surface area contributed by atoms with Gasteiger partial charge in [0.15, 0.2) is 6.10 Å². The third kappa shape index (κ3) is 15.8. The molecule has 0 radical (unpaired) electrons. The molecule has 2 atom stereocenters. The molecule has 0 aliphatic rings. The van der Waals surface area contributed by atoms with E-state index in [0.717, 1.165) is 5.56 Å². The van der Waals surface area contributed by atoms with Crippen molar-refractivity contribution >= 4 is 23.9 Å². The maximum absolute atomic E-state index is 12.2. The standard InChI is InChI=1S/C22H33N3O7.C7H8/c1-5-9-16(25-21(30)32-22(2,3)4)19(28)20(29)24-12-17(26)23-13-18(27)31-14-15-10-7-6-8-11-15;1-7-5-3-2-4-6-7/h6-8,10-11,16,19,28H,5,9,12-14H2,1-4H3,(H,23,26)(H,24,29)(H,25,30);2-6H,1H3. The van der Waals surface area contributed by atoms with E-state index < -0.39 is 48.2 Å². The molecule has 2 rings (SSSR count). The van der Waals surface area contributed by atoms with Crippen LogP contribution in [0.4, 0.5) is 4.79 Å². The van der Waals surface area contributed by atoms with Crippen LogP contribution in [0.5, 0.6) is 0 Å². The summed E-state index contributed by atoms with van der Waals surface area (Å²) < 4.78 is 10.2. The lowest BCUT2D eigenvalue weighted by molar-refractivity contribution is -0.145. The largest absolute Gasteiger partial charge is 0.460 e. The van der Waals surface area contributed by atoms with Crippen molar-refractivity contribution in [2.24, 2.45) is 0 Å². The van der Waals surface area contributed by atoms with E-state index in [0.29, 0.717) is 12.8 Å². The van der Waals surface area contributed by atoms with Crippen molar-refractivity contribution in [1.29, 1.82) is 0 Å². The fraction of sp³-hybridized carbons (Fsp3) is 0.448. The maximum Gasteiger partial charge on any atom is 0.407 e. The van der Waals surface area contributed by atoms with Crippen molar-refractivity contribution < 1.29 is 33.8 Å². The number of hydrogen-bond donors (Lipinski definition) is 4. The number of rotatable bonds is 11. The molecule has 10 heteroatoms. The van der Waals surface area contributed by atoms with Gasteiger partial charge in [0, 0.05) is 0 Å². The first kappa shape index (κ1) is 33.1. The van der Waals surface area contributed by atoms with Gasteiger partial charge in [0.05, 0.1) is 12.6 Å². The van der Waals surface area contributed by atoms with Gasteiger partial charge in [-0.3, -0.25) is 14.4 Å². The van der Waals surface area contributed by atoms with Gasteiger partial charge < -0.3 is 30.5 Å². The van der Waals surface area contributed by atoms with E-state index >= 15 is 0 Å². The second-order valence-electron chi connectivity index (χ2n) is 9.78. The highest BCUT2D eigenvalue weighted by molar-refractivity contribution is 5.89. The van der Waals surface area contributed by atoms with Crippen LogP contribution in [0.3, 0.4) is 0 Å². The molecule has 0 saturated heterocycles. The average molecular weight is 544 g/mol. The Morgan fingerprint density at radius 2 is 1.49 bits per heavy atom. The quantitative estimate of drug-likeness (QED) is 0.319. The highest BCUT2D eigenvalue weighted by Crippen LogP contribution is 2.09. The third-order valence-electron chi connectivity index (χ3n) is 4.99. The lowest BCUT2D eigenvalue weighted by Gasteiger charge is -2.26. The fourth-order valence-corrected chi connectivity index (χ4v) is 3.09. The SMILES string of the molecule is CCCC(NC(=O)OC(C)(C)C)C(O)C(=O)NCC(=O)NCC(=O)OCc1ccccc1.Cc1ccccc1. The number of alkyl carbamates (subject to hydrolysis) is 1. The summed E-state index contributed by atoms with van der Waals surface area (Å²) in [6.07, 6.45) is -1.41. The van der Waals surface area contributed by atoms with Crippen LogP contribution >= 0.6 is 0 Å². The Morgan fingerprint density at radius 3 is 2.00 bits per heavy atom. The first-order valence-corrected chi connectivity index (χ1v) is 12.8. The number of ether oxygens (including phenoxy) is 2. The summed E-state index contributed by atoms with van der Waals surface area (Å²) in [5, 5.41) is 17.4. The normalized spacial score (nSPS) is 12.1. The van der Waals surface area contributed by atoms with Gasteiger partial charge in [0.25, 0.3) is 5.91 Å². The number of aliphatic hydroxyl groups excluding tert-OH is 1. The molecule has 0 aromatic heterocycles. The van der Waals surface area contributed by atoms with Crippen molar-refractivity contribution in [3.63, 3.8) is 0 Å². The molecule has 2 aromatic carbocycles. The van der Waals surface area contributed by atoms with Crippen molar-refractivity contribution in [2.45, 2.75) is 71.8 Å². The van der Waals surface area contributed by atoms with Crippen molar-refractivity contribution in [3.05, 3.63) is 71.8 Å². The number of amides is 3. The summed E-state index contributed by atoms with van der Waals surface area (Å²) in [5.74, 6) is -2.09. The zero-order valence-corrected chi connectivity index (χ0v) is 23.4. The Kier molecular flexibility index (Phi) is 14.9. The number of esters is 1. The molecule has 0 aliphatic carbocycles. The zero-order chi connectivity index (χ0) is 29.3. The first-order valence-electron chi connectivity index (χ1n) is 12.8. The Hall–Kier alpha value is -3.92. The number of carbonyl (C=O) groups is 4. The number of carbonyl (C=O) groups excluding carboxylic acids is 4. The predicted molar refractivity (Wildman–Crippen MR) is 148 cm³/mol. The Labute approximate surface area is 230 Å². The van der Waals surface area contributed by atoms with Crippen molar-refractivity contribution in [3.8, 4) is 0 Å². The van der Waals surface area contributed by atoms with Crippen LogP contribution in [0.1, 0.15) is 51.7 Å². The molecule has 3 amide bonds. The number of aryl methyl sites for hydroxylation is 1. The molecular formula is C29H41N3O7. The minimum atomic E-state index is -1.58. The molecule has 39 heavy (non-hydrogen) atoms. The van der Waals surface area contributed by atoms with E-state index in [1.807, 2.05) is 43.3 Å². The lowest BCUT2D eigenvalue weighted by Crippen LogP contribution is -2.52. The van der Waals surface area contributed by atoms with Crippen LogP contribution in [0.15, 0.2) is 60.7 Å². The second kappa shape index (κ2) is 17.6. The Balaban J connectivity index is 0.000000934. The molecule has 10 nitrogen and oxygen atoms in total. The lowest BCUT2D eigenvalue weighted by atomic mass is 10.1. The number of benzene rings is 2. The summed E-state index contributed by atoms with van der Waals surface area (Å²) in [4.78, 5) is 47.7. The third-order valence-corrected chi connectivity index (χ3v) is 4.99. The van der Waals surface area contributed by atoms with Gasteiger partial charge in [-0.05, 0) is 39.7 Å². The Morgan fingerprint density at radius 1 is 0.897 bits per heavy atom. The average Bonchev–Trinajstić information content (AvgIpc) is 2.89. The molecular weight excluding hydrogens is 502 g/mol. The van der Waals surface area contributed by atoms with Crippen molar-refractivity contribution in [2.75, 3.05) is 13.1 Å². The minimum Gasteiger partial charge on any atom is -0.460 e. The van der Waals surface area contributed by atoms with Gasteiger partial charge in [0.1, 0.15) is 18.8 Å². The van der Waals surface area contributed by atoms with E-state index in [4.69, 9.17) is 9.47 Å². The van der Waals surface area contributed by atoms with Gasteiger partial charge in [-0.15, -0.1) is 0 Å². The van der Waals surface area contributed by atoms with Crippen LogP contribution in [0.2, 0.25) is 0 Å². The zero-order valence-electron chi connectivity index (χ0n) is 23.4. The molecule has 0 bridgehead atoms. The molecule has 0 heterocycles. The molecule has 0 spiro atoms. The molecule has 214 valence electrons. The highest BCUT2D eigenvalue weighted by Gasteiger charge is 2.29. The molecule has 2 unspecified atom stereocenters. The second-order valence-corrected chi connectivity index (χ2v) is 9.78. The molecule has 0 aliphatic heterocycles. The van der Waals surface area contributed by atoms with Gasteiger partial charge in [0.2, 0.25) is 5.91 Å². The van der Waals surface area contributed by atoms with Gasteiger partial charge >= 0.3 is 12.1 Å². The summed E-state index contributed by atoms with van der Waals surface area (Å²) in [7, 11) is 0. The molecule has 0 saturated carbocycles. The Bertz CT molecular complexity index is 1020. The van der Waals surface area contributed by atoms with E-state index in [1.165, 1.54) is 5.56 Å². The van der Waals surface area contributed by atoms with Crippen LogP contribution in [0.25, 0.3) is 0 Å². The molecule has 2 aromatic rings. The first-order chi connectivity index (χ1) is 18.4. The molecule has 0 fully saturated rings. The smallest absolute Gasteiger partial charge is 0.407 e. The summed E-state index contributed by atoms with van der Waals surface area (Å²) in [6, 6.07) is 18.5. The topological polar surface area (TPSA) is 143 Å². The van der Waals surface area contributed by atoms with Gasteiger partial charge in [-0.2, -0.15) is 0 Å². The minimum absolute atomic E-state index is 0.0853. The summed E-state index contributed by atoms with van der Waals surface area (Å²) in [6.45, 7) is 8.28. The van der Waals surface area contributed by atoms with Crippen molar-refractivity contribution in [1.82, 2.24) is 16.0 Å². The monoisotopic (exact) mass is 543 g/mol. The number of aliphatic hydroxyl groups is 1. The van der Waals surface area contributed by atoms with E-state index in [9.17, 15) is 24.3 Å². The van der Waals surface area contributed by atoms with E-state index in [-0.39, 0.29) is 13.2 Å². The van der Waals surface area contributed by atoms with Crippen LogP contribution < -0.4 is 16.0 Å². The summed E-state index contributed by atoms with van der Waals surface area (Å²) in [5.41, 5.74) is 1.41. The predicted octanol–water partition coefficient (Wildman–Crippen LogP) is 3.01. The van der Waals surface area contributed by atoms with Crippen LogP contribution in [-0.2, 0) is 30.5 Å². The van der Waals surface area contributed by atoms with Gasteiger partial charge in [-0.1, -0.05) is 79.6 Å². The molecule has 4 N–H and O–H groups in total.